The van der Waals surface area contributed by atoms with E-state index in [1.807, 2.05) is 32.2 Å². The van der Waals surface area contributed by atoms with Gasteiger partial charge < -0.3 is 10.0 Å². The number of hydrogen-bond acceptors (Lipinski definition) is 4. The summed E-state index contributed by atoms with van der Waals surface area (Å²) in [7, 11) is 1.98. The van der Waals surface area contributed by atoms with E-state index in [0.717, 1.165) is 28.5 Å². The van der Waals surface area contributed by atoms with E-state index < -0.39 is 6.10 Å². The van der Waals surface area contributed by atoms with Crippen LogP contribution >= 0.6 is 22.9 Å². The minimum Gasteiger partial charge on any atom is -0.389 e. The molecule has 1 atom stereocenters. The molecule has 2 rings (SSSR count). The zero-order chi connectivity index (χ0) is 14.0. The van der Waals surface area contributed by atoms with Crippen LogP contribution in [0.15, 0.2) is 23.6 Å². The van der Waals surface area contributed by atoms with E-state index in [2.05, 4.69) is 15.3 Å². The Morgan fingerprint density at radius 1 is 1.47 bits per heavy atom. The fourth-order valence-corrected chi connectivity index (χ4v) is 2.84. The van der Waals surface area contributed by atoms with Crippen LogP contribution in [0.1, 0.15) is 29.3 Å². The summed E-state index contributed by atoms with van der Waals surface area (Å²) < 4.78 is 0. The van der Waals surface area contributed by atoms with Crippen LogP contribution in [0.5, 0.6) is 0 Å². The van der Waals surface area contributed by atoms with Gasteiger partial charge in [0.25, 0.3) is 0 Å². The number of rotatable bonds is 4. The molecule has 1 heterocycles. The van der Waals surface area contributed by atoms with Gasteiger partial charge in [-0.3, -0.25) is 0 Å². The van der Waals surface area contributed by atoms with Crippen molar-refractivity contribution in [1.82, 2.24) is 4.98 Å². The lowest BCUT2D eigenvalue weighted by Gasteiger charge is -2.20. The molecule has 102 valence electrons. The minimum atomic E-state index is -0.502. The largest absolute Gasteiger partial charge is 0.389 e. The predicted octanol–water partition coefficient (Wildman–Crippen LogP) is 3.79. The Labute approximate surface area is 122 Å². The van der Waals surface area contributed by atoms with Gasteiger partial charge >= 0.3 is 0 Å². The molecular formula is C14H17ClN2OS. The number of aromatic nitrogens is 1. The number of hydrogen-bond donors (Lipinski definition) is 1. The number of aliphatic hydroxyl groups is 1. The third-order valence-corrected chi connectivity index (χ3v) is 4.06. The third-order valence-electron chi connectivity index (χ3n) is 2.93. The summed E-state index contributed by atoms with van der Waals surface area (Å²) >= 11 is 7.92. The predicted molar refractivity (Wildman–Crippen MR) is 81.0 cm³/mol. The zero-order valence-electron chi connectivity index (χ0n) is 11.2. The van der Waals surface area contributed by atoms with Gasteiger partial charge in [0.2, 0.25) is 0 Å². The molecule has 1 aromatic carbocycles. The standard InChI is InChI=1S/C14H17ClN2OS/c1-9(18)11-4-5-14(13(15)6-11)17(3)7-12-8-19-10(2)16-12/h4-6,8-9,18H,7H2,1-3H3. The van der Waals surface area contributed by atoms with Gasteiger partial charge in [-0.2, -0.15) is 0 Å². The van der Waals surface area contributed by atoms with Crippen LogP contribution in [-0.4, -0.2) is 17.1 Å². The average Bonchev–Trinajstić information content (AvgIpc) is 2.74. The lowest BCUT2D eigenvalue weighted by molar-refractivity contribution is 0.199. The van der Waals surface area contributed by atoms with E-state index in [0.29, 0.717) is 5.02 Å². The van der Waals surface area contributed by atoms with Crippen LogP contribution in [0.3, 0.4) is 0 Å². The molecule has 0 aliphatic rings. The Morgan fingerprint density at radius 2 is 2.21 bits per heavy atom. The van der Waals surface area contributed by atoms with Gasteiger partial charge in [-0.1, -0.05) is 17.7 Å². The normalized spacial score (nSPS) is 12.5. The number of thiazole rings is 1. The van der Waals surface area contributed by atoms with Crippen LogP contribution in [0, 0.1) is 6.92 Å². The van der Waals surface area contributed by atoms with Crippen molar-refractivity contribution in [3.05, 3.63) is 44.9 Å². The first kappa shape index (κ1) is 14.3. The van der Waals surface area contributed by atoms with E-state index in [1.165, 1.54) is 0 Å². The van der Waals surface area contributed by atoms with Crippen LogP contribution in [0.2, 0.25) is 5.02 Å². The van der Waals surface area contributed by atoms with Crippen LogP contribution in [0.4, 0.5) is 5.69 Å². The fraction of sp³-hybridized carbons (Fsp3) is 0.357. The van der Waals surface area contributed by atoms with Gasteiger partial charge in [-0.15, -0.1) is 11.3 Å². The van der Waals surface area contributed by atoms with Crippen LogP contribution in [-0.2, 0) is 6.54 Å². The molecule has 1 unspecified atom stereocenters. The quantitative estimate of drug-likeness (QED) is 0.932. The molecular weight excluding hydrogens is 280 g/mol. The Bertz CT molecular complexity index is 568. The molecule has 1 N–H and O–H groups in total. The topological polar surface area (TPSA) is 36.4 Å². The summed E-state index contributed by atoms with van der Waals surface area (Å²) in [6, 6.07) is 5.64. The highest BCUT2D eigenvalue weighted by molar-refractivity contribution is 7.09. The molecule has 0 aliphatic carbocycles. The molecule has 0 fully saturated rings. The molecule has 5 heteroatoms. The van der Waals surface area contributed by atoms with Crippen molar-refractivity contribution in [3.63, 3.8) is 0 Å². The van der Waals surface area contributed by atoms with Gasteiger partial charge in [0.05, 0.1) is 34.1 Å². The van der Waals surface area contributed by atoms with Crippen molar-refractivity contribution in [2.24, 2.45) is 0 Å². The number of benzene rings is 1. The Hall–Kier alpha value is -1.10. The van der Waals surface area contributed by atoms with E-state index in [-0.39, 0.29) is 0 Å². The maximum atomic E-state index is 9.53. The zero-order valence-corrected chi connectivity index (χ0v) is 12.8. The minimum absolute atomic E-state index is 0.502. The monoisotopic (exact) mass is 296 g/mol. The first-order valence-corrected chi connectivity index (χ1v) is 7.33. The summed E-state index contributed by atoms with van der Waals surface area (Å²) in [5, 5.41) is 13.3. The van der Waals surface area contributed by atoms with E-state index >= 15 is 0 Å². The Kier molecular flexibility index (Phi) is 4.45. The molecule has 0 bridgehead atoms. The van der Waals surface area contributed by atoms with E-state index in [9.17, 15) is 5.11 Å². The molecule has 0 amide bonds. The molecule has 0 saturated carbocycles. The SMILES string of the molecule is Cc1nc(CN(C)c2ccc(C(C)O)cc2Cl)cs1. The number of nitrogens with zero attached hydrogens (tertiary/aromatic N) is 2. The second-order valence-corrected chi connectivity index (χ2v) is 6.07. The molecule has 0 radical (unpaired) electrons. The average molecular weight is 297 g/mol. The van der Waals surface area contributed by atoms with Gasteiger partial charge in [0.15, 0.2) is 0 Å². The maximum absolute atomic E-state index is 9.53. The fourth-order valence-electron chi connectivity index (χ4n) is 1.90. The molecule has 2 aromatic rings. The highest BCUT2D eigenvalue weighted by Crippen LogP contribution is 2.29. The highest BCUT2D eigenvalue weighted by Gasteiger charge is 2.10. The molecule has 0 saturated heterocycles. The summed E-state index contributed by atoms with van der Waals surface area (Å²) in [5.41, 5.74) is 2.81. The molecule has 19 heavy (non-hydrogen) atoms. The second kappa shape index (κ2) is 5.90. The number of aliphatic hydroxyl groups excluding tert-OH is 1. The van der Waals surface area contributed by atoms with Gasteiger partial charge in [0, 0.05) is 12.4 Å². The smallest absolute Gasteiger partial charge is 0.0898 e. The second-order valence-electron chi connectivity index (χ2n) is 4.60. The Morgan fingerprint density at radius 3 is 2.74 bits per heavy atom. The van der Waals surface area contributed by atoms with Crippen molar-refractivity contribution >= 4 is 28.6 Å². The van der Waals surface area contributed by atoms with E-state index in [4.69, 9.17) is 11.6 Å². The van der Waals surface area contributed by atoms with Crippen molar-refractivity contribution in [3.8, 4) is 0 Å². The summed E-state index contributed by atoms with van der Waals surface area (Å²) in [6.07, 6.45) is -0.502. The van der Waals surface area contributed by atoms with Crippen molar-refractivity contribution in [1.29, 1.82) is 0 Å². The third kappa shape index (κ3) is 3.47. The van der Waals surface area contributed by atoms with Crippen molar-refractivity contribution in [2.45, 2.75) is 26.5 Å². The first-order chi connectivity index (χ1) is 8.97. The lowest BCUT2D eigenvalue weighted by Crippen LogP contribution is -2.17. The van der Waals surface area contributed by atoms with Gasteiger partial charge in [-0.25, -0.2) is 4.98 Å². The first-order valence-electron chi connectivity index (χ1n) is 6.07. The molecule has 1 aromatic heterocycles. The molecule has 0 aliphatic heterocycles. The Balaban J connectivity index is 2.17. The van der Waals surface area contributed by atoms with Gasteiger partial charge in [0.1, 0.15) is 0 Å². The number of anilines is 1. The number of halogens is 1. The lowest BCUT2D eigenvalue weighted by atomic mass is 10.1. The van der Waals surface area contributed by atoms with Crippen LogP contribution < -0.4 is 4.90 Å². The van der Waals surface area contributed by atoms with Gasteiger partial charge in [-0.05, 0) is 31.5 Å². The summed E-state index contributed by atoms with van der Waals surface area (Å²) in [5.74, 6) is 0. The summed E-state index contributed by atoms with van der Waals surface area (Å²) in [6.45, 7) is 4.45. The highest BCUT2D eigenvalue weighted by atomic mass is 35.5. The van der Waals surface area contributed by atoms with Crippen LogP contribution in [0.25, 0.3) is 0 Å². The van der Waals surface area contributed by atoms with Crippen molar-refractivity contribution in [2.75, 3.05) is 11.9 Å². The summed E-state index contributed by atoms with van der Waals surface area (Å²) in [4.78, 5) is 6.50. The van der Waals surface area contributed by atoms with Crippen molar-refractivity contribution < 1.29 is 5.11 Å². The molecule has 3 nitrogen and oxygen atoms in total. The van der Waals surface area contributed by atoms with E-state index in [1.54, 1.807) is 18.3 Å². The maximum Gasteiger partial charge on any atom is 0.0898 e. The number of aryl methyl sites for hydroxylation is 1. The molecule has 0 spiro atoms.